The third kappa shape index (κ3) is 7.22. The van der Waals surface area contributed by atoms with Gasteiger partial charge in [-0.15, -0.1) is 0 Å². The molecule has 33 heavy (non-hydrogen) atoms. The molecule has 0 radical (unpaired) electrons. The molecule has 170 valence electrons. The topological polar surface area (TPSA) is 12.9 Å². The fourth-order valence-electron chi connectivity index (χ4n) is 4.04. The monoisotopic (exact) mass is 473 g/mol. The Morgan fingerprint density at radius 1 is 0.848 bits per heavy atom. The van der Waals surface area contributed by atoms with Crippen molar-refractivity contribution in [2.24, 2.45) is 0 Å². The molecule has 3 heteroatoms. The predicted molar refractivity (Wildman–Crippen MR) is 150 cm³/mol. The van der Waals surface area contributed by atoms with Crippen LogP contribution in [0.15, 0.2) is 78.9 Å². The SMILES string of the molecule is CC(C)c1ccccc1CCCc1cccc(/C=C/c2ccc3ccc(Cl)cc3n2)c1.CS. The van der Waals surface area contributed by atoms with Crippen molar-refractivity contribution in [1.29, 1.82) is 0 Å². The second-order valence-corrected chi connectivity index (χ2v) is 8.80. The smallest absolute Gasteiger partial charge is 0.0724 e. The Labute approximate surface area is 209 Å². The van der Waals surface area contributed by atoms with E-state index < -0.39 is 0 Å². The number of aryl methyl sites for hydroxylation is 2. The lowest BCUT2D eigenvalue weighted by Crippen LogP contribution is -1.97. The van der Waals surface area contributed by atoms with Gasteiger partial charge in [0, 0.05) is 10.4 Å². The molecule has 3 aromatic carbocycles. The number of benzene rings is 3. The molecule has 4 aromatic rings. The Morgan fingerprint density at radius 3 is 2.45 bits per heavy atom. The Kier molecular flexibility index (Phi) is 9.60. The summed E-state index contributed by atoms with van der Waals surface area (Å²) < 4.78 is 0. The van der Waals surface area contributed by atoms with Crippen molar-refractivity contribution < 1.29 is 0 Å². The van der Waals surface area contributed by atoms with E-state index in [1.54, 1.807) is 6.26 Å². The lowest BCUT2D eigenvalue weighted by atomic mass is 9.93. The third-order valence-electron chi connectivity index (χ3n) is 5.66. The second-order valence-electron chi connectivity index (χ2n) is 8.36. The molecular formula is C30H32ClNS. The highest BCUT2D eigenvalue weighted by Gasteiger charge is 2.05. The fourth-order valence-corrected chi connectivity index (χ4v) is 4.21. The number of aromatic nitrogens is 1. The van der Waals surface area contributed by atoms with Gasteiger partial charge in [-0.25, -0.2) is 4.98 Å². The molecule has 1 nitrogen and oxygen atoms in total. The summed E-state index contributed by atoms with van der Waals surface area (Å²) in [6, 6.07) is 27.6. The number of halogens is 1. The van der Waals surface area contributed by atoms with E-state index in [9.17, 15) is 0 Å². The maximum Gasteiger partial charge on any atom is 0.0724 e. The molecule has 0 aliphatic carbocycles. The van der Waals surface area contributed by atoms with E-state index in [1.165, 1.54) is 22.3 Å². The van der Waals surface area contributed by atoms with Gasteiger partial charge in [0.1, 0.15) is 0 Å². The van der Waals surface area contributed by atoms with Crippen molar-refractivity contribution in [1.82, 2.24) is 4.98 Å². The average Bonchev–Trinajstić information content (AvgIpc) is 2.84. The largest absolute Gasteiger partial charge is 0.248 e. The fraction of sp³-hybridized carbons (Fsp3) is 0.233. The number of pyridine rings is 1. The van der Waals surface area contributed by atoms with Crippen LogP contribution >= 0.6 is 24.2 Å². The standard InChI is InChI=1S/C29H28ClN.CH4S/c1-21(2)28-12-4-3-10-24(28)11-6-9-22-7-5-8-23(19-22)13-17-27-18-15-25-14-16-26(30)20-29(25)31-27;1-2/h3-5,7-8,10,12-21H,6,9,11H2,1-2H3;2H,1H3/b17-13+;. The van der Waals surface area contributed by atoms with Gasteiger partial charge in [0.25, 0.3) is 0 Å². The predicted octanol–water partition coefficient (Wildman–Crippen LogP) is 8.90. The summed E-state index contributed by atoms with van der Waals surface area (Å²) in [5.41, 5.74) is 7.39. The van der Waals surface area contributed by atoms with E-state index in [-0.39, 0.29) is 0 Å². The zero-order chi connectivity index (χ0) is 23.6. The van der Waals surface area contributed by atoms with Gasteiger partial charge < -0.3 is 0 Å². The highest BCUT2D eigenvalue weighted by Crippen LogP contribution is 2.22. The summed E-state index contributed by atoms with van der Waals surface area (Å²) in [6.07, 6.45) is 9.26. The molecule has 0 amide bonds. The van der Waals surface area contributed by atoms with Crippen LogP contribution in [0.1, 0.15) is 54.1 Å². The molecule has 1 heterocycles. The first-order valence-corrected chi connectivity index (χ1v) is 12.7. The number of hydrogen-bond donors (Lipinski definition) is 1. The Hall–Kier alpha value is -2.55. The molecule has 0 aliphatic rings. The van der Waals surface area contributed by atoms with Crippen LogP contribution < -0.4 is 0 Å². The van der Waals surface area contributed by atoms with Crippen molar-refractivity contribution in [2.75, 3.05) is 6.26 Å². The zero-order valence-corrected chi connectivity index (χ0v) is 21.3. The molecular weight excluding hydrogens is 442 g/mol. The van der Waals surface area contributed by atoms with Gasteiger partial charge in [0.05, 0.1) is 11.2 Å². The molecule has 0 atom stereocenters. The van der Waals surface area contributed by atoms with Crippen LogP contribution in [0.2, 0.25) is 5.02 Å². The van der Waals surface area contributed by atoms with Gasteiger partial charge in [0.15, 0.2) is 0 Å². The highest BCUT2D eigenvalue weighted by atomic mass is 35.5. The normalized spacial score (nSPS) is 11.1. The van der Waals surface area contributed by atoms with Crippen LogP contribution in [0, 0.1) is 0 Å². The number of thiol groups is 1. The first kappa shape index (κ1) is 25.1. The number of hydrogen-bond acceptors (Lipinski definition) is 2. The van der Waals surface area contributed by atoms with Crippen LogP contribution in [-0.2, 0) is 12.8 Å². The molecule has 0 saturated carbocycles. The van der Waals surface area contributed by atoms with E-state index >= 15 is 0 Å². The van der Waals surface area contributed by atoms with Crippen molar-refractivity contribution in [3.63, 3.8) is 0 Å². The van der Waals surface area contributed by atoms with Crippen molar-refractivity contribution in [3.05, 3.63) is 112 Å². The lowest BCUT2D eigenvalue weighted by molar-refractivity contribution is 0.783. The third-order valence-corrected chi connectivity index (χ3v) is 5.90. The molecule has 0 unspecified atom stereocenters. The van der Waals surface area contributed by atoms with Gasteiger partial charge in [-0.05, 0) is 78.0 Å². The number of rotatable bonds is 7. The molecule has 0 spiro atoms. The molecule has 4 rings (SSSR count). The Morgan fingerprint density at radius 2 is 1.64 bits per heavy atom. The summed E-state index contributed by atoms with van der Waals surface area (Å²) in [6.45, 7) is 4.54. The molecule has 1 aromatic heterocycles. The minimum atomic E-state index is 0.574. The van der Waals surface area contributed by atoms with Gasteiger partial charge in [-0.1, -0.05) is 92.2 Å². The van der Waals surface area contributed by atoms with Gasteiger partial charge in [-0.2, -0.15) is 12.6 Å². The van der Waals surface area contributed by atoms with Crippen molar-refractivity contribution in [3.8, 4) is 0 Å². The summed E-state index contributed by atoms with van der Waals surface area (Å²) in [5.74, 6) is 0.574. The Bertz CT molecular complexity index is 1210. The zero-order valence-electron chi connectivity index (χ0n) is 19.6. The van der Waals surface area contributed by atoms with Crippen LogP contribution in [0.25, 0.3) is 23.1 Å². The summed E-state index contributed by atoms with van der Waals surface area (Å²) >= 11 is 9.64. The van der Waals surface area contributed by atoms with Crippen LogP contribution in [-0.4, -0.2) is 11.2 Å². The minimum Gasteiger partial charge on any atom is -0.248 e. The maximum absolute atomic E-state index is 6.11. The quantitative estimate of drug-likeness (QED) is 0.264. The summed E-state index contributed by atoms with van der Waals surface area (Å²) in [7, 11) is 0. The van der Waals surface area contributed by atoms with Gasteiger partial charge >= 0.3 is 0 Å². The molecule has 0 N–H and O–H groups in total. The highest BCUT2D eigenvalue weighted by molar-refractivity contribution is 7.79. The van der Waals surface area contributed by atoms with Crippen LogP contribution in [0.4, 0.5) is 0 Å². The number of fused-ring (bicyclic) bond motifs is 1. The van der Waals surface area contributed by atoms with Gasteiger partial charge in [0.2, 0.25) is 0 Å². The average molecular weight is 474 g/mol. The molecule has 0 aliphatic heterocycles. The lowest BCUT2D eigenvalue weighted by Gasteiger charge is -2.12. The van der Waals surface area contributed by atoms with Crippen LogP contribution in [0.5, 0.6) is 0 Å². The first-order chi connectivity index (χ1) is 16.1. The van der Waals surface area contributed by atoms with E-state index in [1.807, 2.05) is 24.3 Å². The van der Waals surface area contributed by atoms with Crippen molar-refractivity contribution in [2.45, 2.75) is 39.0 Å². The molecule has 0 saturated heterocycles. The van der Waals surface area contributed by atoms with E-state index in [2.05, 4.69) is 93.2 Å². The van der Waals surface area contributed by atoms with E-state index in [4.69, 9.17) is 16.6 Å². The summed E-state index contributed by atoms with van der Waals surface area (Å²) in [5, 5.41) is 1.81. The number of nitrogens with zero attached hydrogens (tertiary/aromatic N) is 1. The maximum atomic E-state index is 6.11. The van der Waals surface area contributed by atoms with Crippen molar-refractivity contribution >= 4 is 47.3 Å². The first-order valence-electron chi connectivity index (χ1n) is 11.4. The Balaban J connectivity index is 0.00000149. The van der Waals surface area contributed by atoms with E-state index in [0.29, 0.717) is 10.9 Å². The van der Waals surface area contributed by atoms with Crippen LogP contribution in [0.3, 0.4) is 0 Å². The minimum absolute atomic E-state index is 0.574. The second kappa shape index (κ2) is 12.6. The summed E-state index contributed by atoms with van der Waals surface area (Å²) in [4.78, 5) is 4.71. The van der Waals surface area contributed by atoms with E-state index in [0.717, 1.165) is 35.9 Å². The molecule has 0 bridgehead atoms. The van der Waals surface area contributed by atoms with Gasteiger partial charge in [-0.3, -0.25) is 0 Å². The molecule has 0 fully saturated rings.